The maximum atomic E-state index is 11.9. The van der Waals surface area contributed by atoms with E-state index < -0.39 is 11.9 Å². The van der Waals surface area contributed by atoms with Gasteiger partial charge in [0.15, 0.2) is 0 Å². The number of aliphatic hydroxyl groups is 2. The third kappa shape index (κ3) is 2.81. The Morgan fingerprint density at radius 3 is 2.63 bits per heavy atom. The first kappa shape index (κ1) is 13.3. The van der Waals surface area contributed by atoms with Gasteiger partial charge in [-0.25, -0.2) is 0 Å². The first-order valence-electron chi connectivity index (χ1n) is 5.80. The molecule has 0 saturated heterocycles. The molecule has 1 amide bonds. The molecular formula is C13H14N2O4. The normalized spacial score (nSPS) is 10.9. The van der Waals surface area contributed by atoms with Gasteiger partial charge in [-0.05, 0) is 17.5 Å². The topological polar surface area (TPSA) is 102 Å². The molecule has 0 radical (unpaired) electrons. The lowest BCUT2D eigenvalue weighted by molar-refractivity contribution is 0.0874. The molecule has 0 aliphatic carbocycles. The molecule has 0 bridgehead atoms. The molecule has 0 fully saturated rings. The second-order valence-corrected chi connectivity index (χ2v) is 4.13. The number of aliphatic hydroxyl groups excluding tert-OH is 2. The van der Waals surface area contributed by atoms with E-state index in [0.29, 0.717) is 10.8 Å². The van der Waals surface area contributed by atoms with Crippen molar-refractivity contribution >= 4 is 16.7 Å². The number of pyridine rings is 1. The van der Waals surface area contributed by atoms with Crippen LogP contribution in [0.25, 0.3) is 10.8 Å². The molecule has 100 valence electrons. The Labute approximate surface area is 108 Å². The Morgan fingerprint density at radius 2 is 1.95 bits per heavy atom. The number of hydrogen-bond acceptors (Lipinski definition) is 4. The van der Waals surface area contributed by atoms with E-state index in [1.165, 1.54) is 0 Å². The highest BCUT2D eigenvalue weighted by atomic mass is 16.3. The number of carbonyl (C=O) groups is 1. The molecule has 2 rings (SSSR count). The number of H-pyrrole nitrogens is 1. The second-order valence-electron chi connectivity index (χ2n) is 4.13. The summed E-state index contributed by atoms with van der Waals surface area (Å²) < 4.78 is 0. The van der Waals surface area contributed by atoms with E-state index in [0.717, 1.165) is 0 Å². The fourth-order valence-electron chi connectivity index (χ4n) is 1.75. The average Bonchev–Trinajstić information content (AvgIpc) is 2.44. The Morgan fingerprint density at radius 1 is 1.26 bits per heavy atom. The van der Waals surface area contributed by atoms with Gasteiger partial charge in [-0.2, -0.15) is 0 Å². The minimum Gasteiger partial charge on any atom is -0.394 e. The Bertz CT molecular complexity index is 646. The largest absolute Gasteiger partial charge is 0.394 e. The SMILES string of the molecule is O=C(NC(CO)CO)c1cc2ccccc2c(=O)[nH]1. The lowest BCUT2D eigenvalue weighted by atomic mass is 10.1. The minimum atomic E-state index is -0.748. The molecule has 6 nitrogen and oxygen atoms in total. The first-order chi connectivity index (χ1) is 9.15. The van der Waals surface area contributed by atoms with Crippen molar-refractivity contribution in [1.82, 2.24) is 10.3 Å². The molecule has 0 spiro atoms. The van der Waals surface area contributed by atoms with Crippen LogP contribution >= 0.6 is 0 Å². The van der Waals surface area contributed by atoms with E-state index in [1.807, 2.05) is 0 Å². The maximum absolute atomic E-state index is 11.9. The van der Waals surface area contributed by atoms with Gasteiger partial charge in [-0.3, -0.25) is 9.59 Å². The molecule has 19 heavy (non-hydrogen) atoms. The van der Waals surface area contributed by atoms with Gasteiger partial charge in [0.25, 0.3) is 11.5 Å². The van der Waals surface area contributed by atoms with Gasteiger partial charge >= 0.3 is 0 Å². The van der Waals surface area contributed by atoms with Crippen LogP contribution in [-0.2, 0) is 0 Å². The number of nitrogens with one attached hydrogen (secondary N) is 2. The summed E-state index contributed by atoms with van der Waals surface area (Å²) in [5.41, 5.74) is -0.261. The number of carbonyl (C=O) groups excluding carboxylic acids is 1. The highest BCUT2D eigenvalue weighted by molar-refractivity contribution is 5.96. The Hall–Kier alpha value is -2.18. The van der Waals surface area contributed by atoms with Gasteiger partial charge in [0, 0.05) is 5.39 Å². The fourth-order valence-corrected chi connectivity index (χ4v) is 1.75. The van der Waals surface area contributed by atoms with Gasteiger partial charge in [0.1, 0.15) is 5.69 Å². The van der Waals surface area contributed by atoms with Gasteiger partial charge < -0.3 is 20.5 Å². The third-order valence-corrected chi connectivity index (χ3v) is 2.77. The third-order valence-electron chi connectivity index (χ3n) is 2.77. The van der Waals surface area contributed by atoms with Crippen molar-refractivity contribution in [3.8, 4) is 0 Å². The van der Waals surface area contributed by atoms with Crippen molar-refractivity contribution in [3.05, 3.63) is 46.4 Å². The molecule has 6 heteroatoms. The highest BCUT2D eigenvalue weighted by Crippen LogP contribution is 2.09. The predicted molar refractivity (Wildman–Crippen MR) is 70.0 cm³/mol. The van der Waals surface area contributed by atoms with Crippen molar-refractivity contribution in [2.24, 2.45) is 0 Å². The lowest BCUT2D eigenvalue weighted by Crippen LogP contribution is -2.40. The number of benzene rings is 1. The molecule has 1 heterocycles. The second kappa shape index (κ2) is 5.64. The summed E-state index contributed by atoms with van der Waals surface area (Å²) in [5, 5.41) is 21.4. The van der Waals surface area contributed by atoms with Crippen LogP contribution in [0.5, 0.6) is 0 Å². The van der Waals surface area contributed by atoms with E-state index in [2.05, 4.69) is 10.3 Å². The van der Waals surface area contributed by atoms with Crippen molar-refractivity contribution in [3.63, 3.8) is 0 Å². The van der Waals surface area contributed by atoms with Gasteiger partial charge in [-0.15, -0.1) is 0 Å². The van der Waals surface area contributed by atoms with Crippen molar-refractivity contribution in [2.45, 2.75) is 6.04 Å². The Balaban J connectivity index is 2.35. The summed E-state index contributed by atoms with van der Waals surface area (Å²) in [5.74, 6) is -0.545. The minimum absolute atomic E-state index is 0.0931. The standard InChI is InChI=1S/C13H14N2O4/c16-6-9(7-17)14-13(19)11-5-8-3-1-2-4-10(8)12(18)15-11/h1-5,9,16-17H,6-7H2,(H,14,19)(H,15,18). The predicted octanol–water partition coefficient (Wildman–Crippen LogP) is -0.389. The van der Waals surface area contributed by atoms with Crippen LogP contribution in [0.2, 0.25) is 0 Å². The number of fused-ring (bicyclic) bond motifs is 1. The highest BCUT2D eigenvalue weighted by Gasteiger charge is 2.13. The summed E-state index contributed by atoms with van der Waals surface area (Å²) in [6, 6.07) is 7.72. The van der Waals surface area contributed by atoms with Crippen LogP contribution in [0.1, 0.15) is 10.5 Å². The van der Waals surface area contributed by atoms with E-state index in [-0.39, 0.29) is 24.5 Å². The molecule has 2 aromatic rings. The van der Waals surface area contributed by atoms with Crippen LogP contribution in [0.4, 0.5) is 0 Å². The average molecular weight is 262 g/mol. The zero-order chi connectivity index (χ0) is 13.8. The lowest BCUT2D eigenvalue weighted by Gasteiger charge is -2.13. The molecule has 0 aliphatic heterocycles. The number of aromatic nitrogens is 1. The van der Waals surface area contributed by atoms with Gasteiger partial charge in [0.05, 0.1) is 19.3 Å². The van der Waals surface area contributed by atoms with E-state index >= 15 is 0 Å². The molecule has 0 aliphatic rings. The van der Waals surface area contributed by atoms with E-state index in [1.54, 1.807) is 30.3 Å². The molecule has 0 atom stereocenters. The zero-order valence-electron chi connectivity index (χ0n) is 10.1. The molecule has 0 saturated carbocycles. The summed E-state index contributed by atoms with van der Waals surface area (Å²) in [6.07, 6.45) is 0. The van der Waals surface area contributed by atoms with Crippen LogP contribution in [0.3, 0.4) is 0 Å². The van der Waals surface area contributed by atoms with Gasteiger partial charge in [0.2, 0.25) is 0 Å². The zero-order valence-corrected chi connectivity index (χ0v) is 10.1. The quantitative estimate of drug-likeness (QED) is 0.602. The van der Waals surface area contributed by atoms with Crippen molar-refractivity contribution in [1.29, 1.82) is 0 Å². The summed E-state index contributed by atoms with van der Waals surface area (Å²) in [4.78, 5) is 26.1. The van der Waals surface area contributed by atoms with E-state index in [9.17, 15) is 9.59 Å². The smallest absolute Gasteiger partial charge is 0.268 e. The van der Waals surface area contributed by atoms with Crippen LogP contribution < -0.4 is 10.9 Å². The number of hydrogen-bond donors (Lipinski definition) is 4. The number of rotatable bonds is 4. The van der Waals surface area contributed by atoms with Crippen LogP contribution in [0, 0.1) is 0 Å². The monoisotopic (exact) mass is 262 g/mol. The van der Waals surface area contributed by atoms with Crippen LogP contribution in [-0.4, -0.2) is 40.4 Å². The van der Waals surface area contributed by atoms with Crippen molar-refractivity contribution < 1.29 is 15.0 Å². The van der Waals surface area contributed by atoms with Crippen LogP contribution in [0.15, 0.2) is 35.1 Å². The number of aromatic amines is 1. The maximum Gasteiger partial charge on any atom is 0.268 e. The molecule has 0 unspecified atom stereocenters. The molecule has 1 aromatic heterocycles. The molecule has 4 N–H and O–H groups in total. The molecule has 1 aromatic carbocycles. The first-order valence-corrected chi connectivity index (χ1v) is 5.80. The van der Waals surface area contributed by atoms with Crippen molar-refractivity contribution in [2.75, 3.05) is 13.2 Å². The molecular weight excluding hydrogens is 248 g/mol. The Kier molecular flexibility index (Phi) is 3.94. The summed E-state index contributed by atoms with van der Waals surface area (Å²) in [7, 11) is 0. The summed E-state index contributed by atoms with van der Waals surface area (Å²) in [6.45, 7) is -0.750. The van der Waals surface area contributed by atoms with E-state index in [4.69, 9.17) is 10.2 Å². The number of amides is 1. The summed E-state index contributed by atoms with van der Waals surface area (Å²) >= 11 is 0. The fraction of sp³-hybridized carbons (Fsp3) is 0.231. The van der Waals surface area contributed by atoms with Gasteiger partial charge in [-0.1, -0.05) is 18.2 Å².